The molecule has 0 aromatic carbocycles. The minimum atomic E-state index is 0.492. The van der Waals surface area contributed by atoms with Crippen LogP contribution >= 0.6 is 0 Å². The van der Waals surface area contributed by atoms with Crippen LogP contribution < -0.4 is 5.32 Å². The highest BCUT2D eigenvalue weighted by atomic mass is 15.3. The van der Waals surface area contributed by atoms with Crippen LogP contribution in [0.25, 0.3) is 0 Å². The van der Waals surface area contributed by atoms with Gasteiger partial charge in [-0.25, -0.2) is 0 Å². The van der Waals surface area contributed by atoms with Crippen molar-refractivity contribution in [3.05, 3.63) is 28.6 Å². The lowest BCUT2D eigenvalue weighted by molar-refractivity contribution is 0.539. The molecule has 1 atom stereocenters. The summed E-state index contributed by atoms with van der Waals surface area (Å²) in [6.45, 7) is 7.52. The number of rotatable bonds is 5. The Morgan fingerprint density at radius 2 is 2.16 bits per heavy atom. The number of nitrogens with one attached hydrogen (secondary N) is 1. The smallest absolute Gasteiger partial charge is 0.0629 e. The number of nitrogens with zero attached hydrogens (tertiary/aromatic N) is 2. The van der Waals surface area contributed by atoms with E-state index in [0.29, 0.717) is 6.04 Å². The van der Waals surface area contributed by atoms with Gasteiger partial charge in [0, 0.05) is 18.8 Å². The Labute approximate surface area is 117 Å². The van der Waals surface area contributed by atoms with Crippen LogP contribution in [0.3, 0.4) is 0 Å². The molecular formula is C16H27N3. The van der Waals surface area contributed by atoms with Gasteiger partial charge < -0.3 is 5.32 Å². The normalized spacial score (nSPS) is 17.4. The maximum Gasteiger partial charge on any atom is 0.0629 e. The van der Waals surface area contributed by atoms with Crippen molar-refractivity contribution in [2.45, 2.75) is 58.9 Å². The van der Waals surface area contributed by atoms with Gasteiger partial charge in [0.05, 0.1) is 5.69 Å². The number of allylic oxidation sites excluding steroid dienone is 1. The van der Waals surface area contributed by atoms with Crippen molar-refractivity contribution >= 4 is 0 Å². The fraction of sp³-hybridized carbons (Fsp3) is 0.688. The topological polar surface area (TPSA) is 29.9 Å². The first-order valence-corrected chi connectivity index (χ1v) is 7.54. The average molecular weight is 261 g/mol. The van der Waals surface area contributed by atoms with Gasteiger partial charge in [-0.1, -0.05) is 18.6 Å². The summed E-state index contributed by atoms with van der Waals surface area (Å²) in [7, 11) is 2.04. The molecule has 0 saturated heterocycles. The molecule has 1 aromatic heterocycles. The molecule has 0 saturated carbocycles. The molecule has 1 unspecified atom stereocenters. The summed E-state index contributed by atoms with van der Waals surface area (Å²) in [5.41, 5.74) is 5.51. The summed E-state index contributed by atoms with van der Waals surface area (Å²) >= 11 is 0. The van der Waals surface area contributed by atoms with Crippen molar-refractivity contribution in [3.8, 4) is 0 Å². The van der Waals surface area contributed by atoms with E-state index in [1.807, 2.05) is 11.7 Å². The molecule has 0 spiro atoms. The third kappa shape index (κ3) is 3.27. The number of hydrogen-bond donors (Lipinski definition) is 1. The third-order valence-electron chi connectivity index (χ3n) is 4.29. The van der Waals surface area contributed by atoms with Crippen LogP contribution in [-0.4, -0.2) is 22.4 Å². The van der Waals surface area contributed by atoms with Crippen LogP contribution in [0.2, 0.25) is 0 Å². The Hall–Kier alpha value is -1.09. The molecule has 1 aliphatic carbocycles. The van der Waals surface area contributed by atoms with Crippen LogP contribution in [0.1, 0.15) is 49.6 Å². The molecule has 1 heterocycles. The lowest BCUT2D eigenvalue weighted by atomic mass is 9.89. The van der Waals surface area contributed by atoms with E-state index in [-0.39, 0.29) is 0 Å². The first kappa shape index (κ1) is 14.3. The zero-order valence-corrected chi connectivity index (χ0v) is 12.8. The first-order valence-electron chi connectivity index (χ1n) is 7.54. The van der Waals surface area contributed by atoms with Crippen LogP contribution in [0, 0.1) is 13.8 Å². The summed E-state index contributed by atoms with van der Waals surface area (Å²) in [5.74, 6) is 0. The second-order valence-electron chi connectivity index (χ2n) is 5.61. The molecule has 3 nitrogen and oxygen atoms in total. The molecule has 0 fully saturated rings. The highest BCUT2D eigenvalue weighted by Crippen LogP contribution is 2.24. The van der Waals surface area contributed by atoms with E-state index in [2.05, 4.69) is 37.3 Å². The van der Waals surface area contributed by atoms with Gasteiger partial charge in [-0.2, -0.15) is 5.10 Å². The van der Waals surface area contributed by atoms with Crippen molar-refractivity contribution in [2.24, 2.45) is 7.05 Å². The minimum Gasteiger partial charge on any atom is -0.310 e. The van der Waals surface area contributed by atoms with Crippen LogP contribution in [0.4, 0.5) is 0 Å². The highest BCUT2D eigenvalue weighted by molar-refractivity contribution is 5.28. The van der Waals surface area contributed by atoms with E-state index < -0.39 is 0 Å². The predicted octanol–water partition coefficient (Wildman–Crippen LogP) is 3.06. The number of aromatic nitrogens is 2. The lowest BCUT2D eigenvalue weighted by Gasteiger charge is -2.24. The Morgan fingerprint density at radius 3 is 2.68 bits per heavy atom. The molecule has 3 heteroatoms. The number of hydrogen-bond acceptors (Lipinski definition) is 2. The van der Waals surface area contributed by atoms with E-state index in [1.54, 1.807) is 5.57 Å². The van der Waals surface area contributed by atoms with Gasteiger partial charge in [0.1, 0.15) is 0 Å². The van der Waals surface area contributed by atoms with Crippen molar-refractivity contribution in [1.82, 2.24) is 15.1 Å². The molecule has 1 aliphatic rings. The summed E-state index contributed by atoms with van der Waals surface area (Å²) in [5, 5.41) is 8.20. The van der Waals surface area contributed by atoms with E-state index in [1.165, 1.54) is 42.6 Å². The van der Waals surface area contributed by atoms with Gasteiger partial charge in [0.2, 0.25) is 0 Å². The van der Waals surface area contributed by atoms with Gasteiger partial charge >= 0.3 is 0 Å². The molecule has 0 amide bonds. The number of aryl methyl sites for hydroxylation is 2. The maximum absolute atomic E-state index is 4.54. The molecule has 0 radical (unpaired) electrons. The largest absolute Gasteiger partial charge is 0.310 e. The van der Waals surface area contributed by atoms with Crippen LogP contribution in [0.15, 0.2) is 11.6 Å². The molecule has 1 aromatic rings. The van der Waals surface area contributed by atoms with E-state index in [9.17, 15) is 0 Å². The Kier molecular flexibility index (Phi) is 4.81. The molecule has 106 valence electrons. The summed E-state index contributed by atoms with van der Waals surface area (Å²) in [6, 6.07) is 0.492. The molecular weight excluding hydrogens is 234 g/mol. The van der Waals surface area contributed by atoms with Crippen molar-refractivity contribution in [1.29, 1.82) is 0 Å². The van der Waals surface area contributed by atoms with Gasteiger partial charge in [0.15, 0.2) is 0 Å². The minimum absolute atomic E-state index is 0.492. The molecule has 19 heavy (non-hydrogen) atoms. The monoisotopic (exact) mass is 261 g/mol. The van der Waals surface area contributed by atoms with E-state index in [0.717, 1.165) is 13.0 Å². The predicted molar refractivity (Wildman–Crippen MR) is 80.4 cm³/mol. The number of likely N-dealkylation sites (N-methyl/N-ethyl adjacent to an activating group) is 1. The third-order valence-corrected chi connectivity index (χ3v) is 4.29. The van der Waals surface area contributed by atoms with Gasteiger partial charge in [-0.3, -0.25) is 4.68 Å². The van der Waals surface area contributed by atoms with Crippen molar-refractivity contribution in [3.63, 3.8) is 0 Å². The first-order chi connectivity index (χ1) is 9.13. The van der Waals surface area contributed by atoms with Crippen LogP contribution in [-0.2, 0) is 13.5 Å². The maximum atomic E-state index is 4.54. The second-order valence-corrected chi connectivity index (χ2v) is 5.61. The van der Waals surface area contributed by atoms with Gasteiger partial charge in [-0.05, 0) is 58.1 Å². The molecule has 2 rings (SSSR count). The average Bonchev–Trinajstić information content (AvgIpc) is 2.65. The Bertz CT molecular complexity index is 457. The van der Waals surface area contributed by atoms with Crippen LogP contribution in [0.5, 0.6) is 0 Å². The highest BCUT2D eigenvalue weighted by Gasteiger charge is 2.19. The zero-order valence-electron chi connectivity index (χ0n) is 12.8. The van der Waals surface area contributed by atoms with Gasteiger partial charge in [-0.15, -0.1) is 0 Å². The summed E-state index contributed by atoms with van der Waals surface area (Å²) in [6.07, 6.45) is 8.74. The molecule has 1 N–H and O–H groups in total. The zero-order chi connectivity index (χ0) is 13.8. The Balaban J connectivity index is 2.18. The summed E-state index contributed by atoms with van der Waals surface area (Å²) in [4.78, 5) is 0. The lowest BCUT2D eigenvalue weighted by Crippen LogP contribution is -2.33. The van der Waals surface area contributed by atoms with E-state index >= 15 is 0 Å². The molecule has 0 bridgehead atoms. The molecule has 0 aliphatic heterocycles. The van der Waals surface area contributed by atoms with Crippen molar-refractivity contribution < 1.29 is 0 Å². The van der Waals surface area contributed by atoms with Crippen molar-refractivity contribution in [2.75, 3.05) is 6.54 Å². The second kappa shape index (κ2) is 6.38. The fourth-order valence-electron chi connectivity index (χ4n) is 3.08. The van der Waals surface area contributed by atoms with E-state index in [4.69, 9.17) is 0 Å². The Morgan fingerprint density at radius 1 is 1.37 bits per heavy atom. The summed E-state index contributed by atoms with van der Waals surface area (Å²) < 4.78 is 2.00. The fourth-order valence-corrected chi connectivity index (χ4v) is 3.08. The quantitative estimate of drug-likeness (QED) is 0.826. The standard InChI is InChI=1S/C16H27N3/c1-5-17-16(14-9-7-6-8-10-14)11-15-12(2)18-19(4)13(15)3/h9,16-17H,5-8,10-11H2,1-4H3. The van der Waals surface area contributed by atoms with Gasteiger partial charge in [0.25, 0.3) is 0 Å². The SMILES string of the molecule is CCNC(Cc1c(C)nn(C)c1C)C1=CCCCC1.